The topological polar surface area (TPSA) is 80.1 Å². The van der Waals surface area contributed by atoms with E-state index in [4.69, 9.17) is 0 Å². The van der Waals surface area contributed by atoms with Gasteiger partial charge in [0.2, 0.25) is 5.91 Å². The fraction of sp³-hybridized carbons (Fsp3) is 0.273. The van der Waals surface area contributed by atoms with Crippen LogP contribution in [0.5, 0.6) is 0 Å². The summed E-state index contributed by atoms with van der Waals surface area (Å²) >= 11 is 0. The minimum absolute atomic E-state index is 0.131. The van der Waals surface area contributed by atoms with Crippen molar-refractivity contribution in [2.24, 2.45) is 0 Å². The van der Waals surface area contributed by atoms with Gasteiger partial charge in [0.15, 0.2) is 0 Å². The first-order valence-electron chi connectivity index (χ1n) is 9.78. The highest BCUT2D eigenvalue weighted by Gasteiger charge is 2.19. The van der Waals surface area contributed by atoms with Gasteiger partial charge < -0.3 is 10.2 Å². The van der Waals surface area contributed by atoms with E-state index in [9.17, 15) is 9.59 Å². The molecule has 0 radical (unpaired) electrons. The highest BCUT2D eigenvalue weighted by atomic mass is 16.2. The molecule has 148 valence electrons. The van der Waals surface area contributed by atoms with Crippen molar-refractivity contribution in [2.45, 2.75) is 32.4 Å². The molecule has 29 heavy (non-hydrogen) atoms. The van der Waals surface area contributed by atoms with E-state index in [-0.39, 0.29) is 11.8 Å². The maximum Gasteiger partial charge on any atom is 0.251 e. The average Bonchev–Trinajstić information content (AvgIpc) is 3.27. The van der Waals surface area contributed by atoms with Crippen LogP contribution in [0.2, 0.25) is 0 Å². The number of carbonyl (C=O) groups excluding carboxylic acids is 2. The van der Waals surface area contributed by atoms with E-state index in [1.807, 2.05) is 36.4 Å². The number of amides is 2. The Morgan fingerprint density at radius 2 is 1.76 bits per heavy atom. The second kappa shape index (κ2) is 8.68. The van der Waals surface area contributed by atoms with Crippen LogP contribution in [0, 0.1) is 0 Å². The molecule has 1 N–H and O–H groups in total. The van der Waals surface area contributed by atoms with E-state index in [2.05, 4.69) is 15.4 Å². The normalized spacial score (nSPS) is 14.1. The number of nitrogens with one attached hydrogen (secondary N) is 1. The third kappa shape index (κ3) is 4.68. The lowest BCUT2D eigenvalue weighted by molar-refractivity contribution is -0.119. The molecule has 7 nitrogen and oxygen atoms in total. The highest BCUT2D eigenvalue weighted by Crippen LogP contribution is 2.21. The molecule has 7 heteroatoms. The van der Waals surface area contributed by atoms with E-state index in [0.29, 0.717) is 25.1 Å². The summed E-state index contributed by atoms with van der Waals surface area (Å²) in [6.07, 6.45) is 5.77. The monoisotopic (exact) mass is 389 g/mol. The molecule has 0 unspecified atom stereocenters. The van der Waals surface area contributed by atoms with E-state index in [0.717, 1.165) is 36.2 Å². The summed E-state index contributed by atoms with van der Waals surface area (Å²) < 4.78 is 1.76. The van der Waals surface area contributed by atoms with Gasteiger partial charge in [0, 0.05) is 30.8 Å². The van der Waals surface area contributed by atoms with Crippen LogP contribution in [0.4, 0.5) is 5.69 Å². The zero-order chi connectivity index (χ0) is 20.1. The predicted octanol–water partition coefficient (Wildman–Crippen LogP) is 2.77. The molecule has 2 aromatic carbocycles. The Hall–Kier alpha value is -3.48. The number of hydrogen-bond donors (Lipinski definition) is 1. The SMILES string of the molecule is O=C(NCc1ccc(Cn2cncn2)cc1)c1ccc(N2CCCCC2=O)cc1. The number of benzene rings is 2. The standard InChI is InChI=1S/C22H23N5O2/c28-21-3-1-2-12-27(21)20-10-8-19(9-11-20)22(29)24-13-17-4-6-18(7-5-17)14-26-16-23-15-25-26/h4-11,15-16H,1-3,12-14H2,(H,24,29). The summed E-state index contributed by atoms with van der Waals surface area (Å²) in [4.78, 5) is 30.2. The zero-order valence-electron chi connectivity index (χ0n) is 16.1. The van der Waals surface area contributed by atoms with E-state index < -0.39 is 0 Å². The smallest absolute Gasteiger partial charge is 0.251 e. The average molecular weight is 389 g/mol. The Bertz CT molecular complexity index is 965. The molecule has 0 aliphatic carbocycles. The van der Waals surface area contributed by atoms with Gasteiger partial charge in [0.1, 0.15) is 12.7 Å². The van der Waals surface area contributed by atoms with Crippen molar-refractivity contribution in [3.63, 3.8) is 0 Å². The molecular weight excluding hydrogens is 366 g/mol. The van der Waals surface area contributed by atoms with Gasteiger partial charge in [-0.1, -0.05) is 24.3 Å². The largest absolute Gasteiger partial charge is 0.348 e. The molecule has 0 saturated carbocycles. The fourth-order valence-electron chi connectivity index (χ4n) is 3.42. The summed E-state index contributed by atoms with van der Waals surface area (Å²) in [7, 11) is 0. The van der Waals surface area contributed by atoms with Gasteiger partial charge in [-0.05, 0) is 48.2 Å². The molecule has 4 rings (SSSR count). The molecule has 1 aliphatic rings. The number of anilines is 1. The van der Waals surface area contributed by atoms with Crippen LogP contribution in [-0.4, -0.2) is 33.1 Å². The van der Waals surface area contributed by atoms with Gasteiger partial charge >= 0.3 is 0 Å². The van der Waals surface area contributed by atoms with Crippen molar-refractivity contribution in [1.29, 1.82) is 0 Å². The van der Waals surface area contributed by atoms with E-state index in [1.54, 1.807) is 28.0 Å². The van der Waals surface area contributed by atoms with Gasteiger partial charge in [-0.2, -0.15) is 5.10 Å². The second-order valence-corrected chi connectivity index (χ2v) is 7.14. The molecule has 1 saturated heterocycles. The van der Waals surface area contributed by atoms with Crippen molar-refractivity contribution in [2.75, 3.05) is 11.4 Å². The maximum atomic E-state index is 12.4. The predicted molar refractivity (Wildman–Crippen MR) is 109 cm³/mol. The highest BCUT2D eigenvalue weighted by molar-refractivity contribution is 5.96. The molecule has 1 aliphatic heterocycles. The Balaban J connectivity index is 1.31. The Labute approximate surface area is 169 Å². The maximum absolute atomic E-state index is 12.4. The summed E-state index contributed by atoms with van der Waals surface area (Å²) in [5.74, 6) is 0.0222. The lowest BCUT2D eigenvalue weighted by atomic mass is 10.1. The van der Waals surface area contributed by atoms with Gasteiger partial charge in [0.25, 0.3) is 5.91 Å². The first kappa shape index (κ1) is 18.9. The van der Waals surface area contributed by atoms with Crippen LogP contribution >= 0.6 is 0 Å². The van der Waals surface area contributed by atoms with E-state index in [1.165, 1.54) is 6.33 Å². The van der Waals surface area contributed by atoms with Crippen molar-refractivity contribution < 1.29 is 9.59 Å². The van der Waals surface area contributed by atoms with Crippen LogP contribution in [0.3, 0.4) is 0 Å². The Morgan fingerprint density at radius 1 is 1.00 bits per heavy atom. The third-order valence-electron chi connectivity index (χ3n) is 5.05. The molecular formula is C22H23N5O2. The number of aromatic nitrogens is 3. The molecule has 2 heterocycles. The third-order valence-corrected chi connectivity index (χ3v) is 5.05. The van der Waals surface area contributed by atoms with Gasteiger partial charge in [-0.15, -0.1) is 0 Å². The molecule has 0 spiro atoms. The van der Waals surface area contributed by atoms with Crippen molar-refractivity contribution in [1.82, 2.24) is 20.1 Å². The summed E-state index contributed by atoms with van der Waals surface area (Å²) in [6, 6.07) is 15.3. The first-order chi connectivity index (χ1) is 14.2. The van der Waals surface area contributed by atoms with Gasteiger partial charge in [-0.3, -0.25) is 9.59 Å². The van der Waals surface area contributed by atoms with Crippen LogP contribution in [0.25, 0.3) is 0 Å². The van der Waals surface area contributed by atoms with Crippen LogP contribution in [-0.2, 0) is 17.9 Å². The number of nitrogens with zero attached hydrogens (tertiary/aromatic N) is 4. The van der Waals surface area contributed by atoms with E-state index >= 15 is 0 Å². The Kier molecular flexibility index (Phi) is 5.65. The number of rotatable bonds is 6. The minimum atomic E-state index is -0.131. The van der Waals surface area contributed by atoms with Crippen molar-refractivity contribution in [3.8, 4) is 0 Å². The number of carbonyl (C=O) groups is 2. The Morgan fingerprint density at radius 3 is 2.45 bits per heavy atom. The van der Waals surface area contributed by atoms with Crippen LogP contribution in [0.1, 0.15) is 40.7 Å². The fourth-order valence-corrected chi connectivity index (χ4v) is 3.42. The number of piperidine rings is 1. The lowest BCUT2D eigenvalue weighted by Crippen LogP contribution is -2.35. The van der Waals surface area contributed by atoms with Gasteiger partial charge in [0.05, 0.1) is 6.54 Å². The summed E-state index contributed by atoms with van der Waals surface area (Å²) in [6.45, 7) is 1.87. The van der Waals surface area contributed by atoms with Gasteiger partial charge in [-0.25, -0.2) is 9.67 Å². The molecule has 1 fully saturated rings. The lowest BCUT2D eigenvalue weighted by Gasteiger charge is -2.26. The molecule has 1 aromatic heterocycles. The molecule has 0 atom stereocenters. The van der Waals surface area contributed by atoms with Crippen molar-refractivity contribution >= 4 is 17.5 Å². The zero-order valence-corrected chi connectivity index (χ0v) is 16.1. The van der Waals surface area contributed by atoms with Crippen LogP contribution in [0.15, 0.2) is 61.2 Å². The minimum Gasteiger partial charge on any atom is -0.348 e. The second-order valence-electron chi connectivity index (χ2n) is 7.14. The van der Waals surface area contributed by atoms with Crippen LogP contribution < -0.4 is 10.2 Å². The molecule has 3 aromatic rings. The van der Waals surface area contributed by atoms with Crippen molar-refractivity contribution in [3.05, 3.63) is 77.9 Å². The summed E-state index contributed by atoms with van der Waals surface area (Å²) in [5.41, 5.74) is 3.58. The molecule has 0 bridgehead atoms. The quantitative estimate of drug-likeness (QED) is 0.703. The first-order valence-corrected chi connectivity index (χ1v) is 9.78. The molecule has 2 amide bonds. The summed E-state index contributed by atoms with van der Waals surface area (Å²) in [5, 5.41) is 7.04. The number of hydrogen-bond acceptors (Lipinski definition) is 4.